The molecule has 192 valence electrons. The number of sulfonamides is 1. The van der Waals surface area contributed by atoms with E-state index in [-0.39, 0.29) is 35.2 Å². The smallest absolute Gasteiger partial charge is 0.269 e. The van der Waals surface area contributed by atoms with Crippen LogP contribution in [0.25, 0.3) is 11.2 Å². The second-order valence-electron chi connectivity index (χ2n) is 8.13. The molecular formula is C23H21ClN6O6S. The van der Waals surface area contributed by atoms with E-state index in [2.05, 4.69) is 15.0 Å². The number of benzene rings is 2. The maximum Gasteiger partial charge on any atom is 0.269 e. The van der Waals surface area contributed by atoms with Gasteiger partial charge in [0.05, 0.1) is 41.6 Å². The molecule has 2 aromatic heterocycles. The zero-order valence-corrected chi connectivity index (χ0v) is 20.9. The van der Waals surface area contributed by atoms with E-state index in [1.54, 1.807) is 29.1 Å². The van der Waals surface area contributed by atoms with Gasteiger partial charge in [0.1, 0.15) is 11.8 Å². The first kappa shape index (κ1) is 25.0. The largest absolute Gasteiger partial charge is 0.350 e. The standard InChI is InChI=1S/C23H21ClN6O6S/c24-22-21-23(26-14-25-22)28(15-27-21)13-16-3-1-2-4-19(16)29(10-9-20-35-11-12-36-20)37(33,34)18-7-5-17(6-8-18)30(31)32/h1-8,14-15,20H,9-13H2. The minimum atomic E-state index is -4.11. The van der Waals surface area contributed by atoms with E-state index in [0.29, 0.717) is 35.6 Å². The van der Waals surface area contributed by atoms with Crippen LogP contribution in [0.4, 0.5) is 11.4 Å². The van der Waals surface area contributed by atoms with Crippen molar-refractivity contribution in [2.24, 2.45) is 0 Å². The zero-order chi connectivity index (χ0) is 26.0. The van der Waals surface area contributed by atoms with Gasteiger partial charge in [-0.2, -0.15) is 0 Å². The molecule has 5 rings (SSSR count). The van der Waals surface area contributed by atoms with E-state index in [0.717, 1.165) is 0 Å². The third kappa shape index (κ3) is 5.11. The summed E-state index contributed by atoms with van der Waals surface area (Å²) in [5.41, 5.74) is 1.85. The maximum atomic E-state index is 13.8. The SMILES string of the molecule is O=[N+]([O-])c1ccc(S(=O)(=O)N(CCC2OCCO2)c2ccccc2Cn2cnc3c(Cl)ncnc32)cc1. The molecule has 0 radical (unpaired) electrons. The zero-order valence-electron chi connectivity index (χ0n) is 19.3. The van der Waals surface area contributed by atoms with Gasteiger partial charge in [0, 0.05) is 25.1 Å². The van der Waals surface area contributed by atoms with E-state index >= 15 is 0 Å². The number of rotatable bonds is 9. The fourth-order valence-corrected chi connectivity index (χ4v) is 5.77. The van der Waals surface area contributed by atoms with Crippen LogP contribution in [0.2, 0.25) is 5.15 Å². The quantitative estimate of drug-likeness (QED) is 0.176. The van der Waals surface area contributed by atoms with Crippen LogP contribution in [0.15, 0.2) is 66.1 Å². The lowest BCUT2D eigenvalue weighted by Crippen LogP contribution is -2.34. The summed E-state index contributed by atoms with van der Waals surface area (Å²) in [6.45, 7) is 1.19. The lowest BCUT2D eigenvalue weighted by molar-refractivity contribution is -0.384. The topological polar surface area (TPSA) is 143 Å². The Morgan fingerprint density at radius 3 is 2.54 bits per heavy atom. The van der Waals surface area contributed by atoms with Crippen molar-refractivity contribution in [3.8, 4) is 0 Å². The van der Waals surface area contributed by atoms with Crippen molar-refractivity contribution in [3.05, 3.63) is 82.0 Å². The van der Waals surface area contributed by atoms with Crippen LogP contribution in [0.5, 0.6) is 0 Å². The number of anilines is 1. The summed E-state index contributed by atoms with van der Waals surface area (Å²) >= 11 is 6.14. The average Bonchev–Trinajstić information content (AvgIpc) is 3.56. The fraction of sp³-hybridized carbons (Fsp3) is 0.261. The molecule has 0 atom stereocenters. The lowest BCUT2D eigenvalue weighted by atomic mass is 10.1. The molecule has 0 unspecified atom stereocenters. The third-order valence-electron chi connectivity index (χ3n) is 5.85. The summed E-state index contributed by atoms with van der Waals surface area (Å²) in [6, 6.07) is 11.9. The monoisotopic (exact) mass is 544 g/mol. The van der Waals surface area contributed by atoms with Gasteiger partial charge >= 0.3 is 0 Å². The van der Waals surface area contributed by atoms with Crippen LogP contribution >= 0.6 is 11.6 Å². The summed E-state index contributed by atoms with van der Waals surface area (Å²) < 4.78 is 41.8. The molecule has 0 spiro atoms. The van der Waals surface area contributed by atoms with Crippen molar-refractivity contribution >= 4 is 44.2 Å². The molecule has 1 aliphatic rings. The first-order valence-electron chi connectivity index (χ1n) is 11.2. The van der Waals surface area contributed by atoms with Gasteiger partial charge in [-0.1, -0.05) is 29.8 Å². The van der Waals surface area contributed by atoms with Gasteiger partial charge in [-0.05, 0) is 23.8 Å². The highest BCUT2D eigenvalue weighted by molar-refractivity contribution is 7.92. The third-order valence-corrected chi connectivity index (χ3v) is 7.96. The molecule has 1 aliphatic heterocycles. The molecule has 0 N–H and O–H groups in total. The number of non-ortho nitro benzene ring substituents is 1. The first-order chi connectivity index (χ1) is 17.8. The van der Waals surface area contributed by atoms with Gasteiger partial charge in [0.25, 0.3) is 15.7 Å². The highest BCUT2D eigenvalue weighted by Gasteiger charge is 2.29. The van der Waals surface area contributed by atoms with Gasteiger partial charge < -0.3 is 14.0 Å². The maximum absolute atomic E-state index is 13.8. The van der Waals surface area contributed by atoms with E-state index in [4.69, 9.17) is 21.1 Å². The summed E-state index contributed by atoms with van der Waals surface area (Å²) in [4.78, 5) is 22.9. The number of nitro groups is 1. The second kappa shape index (κ2) is 10.4. The van der Waals surface area contributed by atoms with Gasteiger partial charge in [0.2, 0.25) is 0 Å². The molecule has 3 heterocycles. The molecule has 12 nitrogen and oxygen atoms in total. The van der Waals surface area contributed by atoms with Crippen LogP contribution < -0.4 is 4.31 Å². The lowest BCUT2D eigenvalue weighted by Gasteiger charge is -2.27. The number of fused-ring (bicyclic) bond motifs is 1. The molecule has 1 fully saturated rings. The Balaban J connectivity index is 1.54. The summed E-state index contributed by atoms with van der Waals surface area (Å²) in [5.74, 6) is 0. The van der Waals surface area contributed by atoms with Crippen molar-refractivity contribution in [1.29, 1.82) is 0 Å². The minimum absolute atomic E-state index is 0.0552. The van der Waals surface area contributed by atoms with Crippen LogP contribution in [-0.2, 0) is 26.0 Å². The number of hydrogen-bond donors (Lipinski definition) is 0. The highest BCUT2D eigenvalue weighted by atomic mass is 35.5. The van der Waals surface area contributed by atoms with Crippen molar-refractivity contribution in [2.45, 2.75) is 24.2 Å². The minimum Gasteiger partial charge on any atom is -0.350 e. The number of nitrogens with zero attached hydrogens (tertiary/aromatic N) is 6. The normalized spacial score (nSPS) is 14.3. The Bertz CT molecular complexity index is 1540. The summed E-state index contributed by atoms with van der Waals surface area (Å²) in [5, 5.41) is 11.3. The van der Waals surface area contributed by atoms with Crippen LogP contribution in [-0.4, -0.2) is 58.9 Å². The van der Waals surface area contributed by atoms with E-state index in [9.17, 15) is 18.5 Å². The van der Waals surface area contributed by atoms with Gasteiger partial charge in [-0.3, -0.25) is 14.4 Å². The van der Waals surface area contributed by atoms with Crippen LogP contribution in [0.1, 0.15) is 12.0 Å². The molecule has 0 saturated carbocycles. The number of imidazole rings is 1. The van der Waals surface area contributed by atoms with Crippen molar-refractivity contribution in [2.75, 3.05) is 24.1 Å². The first-order valence-corrected chi connectivity index (χ1v) is 13.1. The number of hydrogen-bond acceptors (Lipinski definition) is 9. The Kier molecular flexibility index (Phi) is 7.02. The summed E-state index contributed by atoms with van der Waals surface area (Å²) in [6.07, 6.45) is 2.66. The van der Waals surface area contributed by atoms with Crippen LogP contribution in [0.3, 0.4) is 0 Å². The molecule has 0 amide bonds. The molecule has 4 aromatic rings. The molecule has 0 aliphatic carbocycles. The van der Waals surface area contributed by atoms with E-state index < -0.39 is 21.2 Å². The predicted octanol–water partition coefficient (Wildman–Crippen LogP) is 3.39. The molecule has 2 aromatic carbocycles. The predicted molar refractivity (Wildman–Crippen MR) is 134 cm³/mol. The fourth-order valence-electron chi connectivity index (χ4n) is 4.07. The van der Waals surface area contributed by atoms with Crippen LogP contribution in [0, 0.1) is 10.1 Å². The van der Waals surface area contributed by atoms with E-state index in [1.807, 2.05) is 6.07 Å². The van der Waals surface area contributed by atoms with E-state index in [1.165, 1.54) is 34.9 Å². The Morgan fingerprint density at radius 1 is 1.08 bits per heavy atom. The number of halogens is 1. The Morgan fingerprint density at radius 2 is 1.81 bits per heavy atom. The van der Waals surface area contributed by atoms with Gasteiger partial charge in [0.15, 0.2) is 17.1 Å². The number of para-hydroxylation sites is 1. The number of aromatic nitrogens is 4. The van der Waals surface area contributed by atoms with Crippen molar-refractivity contribution in [1.82, 2.24) is 19.5 Å². The van der Waals surface area contributed by atoms with Crippen molar-refractivity contribution in [3.63, 3.8) is 0 Å². The summed E-state index contributed by atoms with van der Waals surface area (Å²) in [7, 11) is -4.11. The van der Waals surface area contributed by atoms with Gasteiger partial charge in [-0.15, -0.1) is 0 Å². The Hall–Kier alpha value is -3.65. The molecule has 0 bridgehead atoms. The molecule has 14 heteroatoms. The van der Waals surface area contributed by atoms with Crippen molar-refractivity contribution < 1.29 is 22.8 Å². The number of nitro benzene ring substituents is 1. The second-order valence-corrected chi connectivity index (χ2v) is 10.3. The number of ether oxygens (including phenoxy) is 2. The highest BCUT2D eigenvalue weighted by Crippen LogP contribution is 2.30. The Labute approximate surface area is 216 Å². The molecular weight excluding hydrogens is 524 g/mol. The van der Waals surface area contributed by atoms with Gasteiger partial charge in [-0.25, -0.2) is 23.4 Å². The average molecular weight is 545 g/mol. The molecule has 37 heavy (non-hydrogen) atoms. The molecule has 1 saturated heterocycles.